The van der Waals surface area contributed by atoms with Crippen LogP contribution >= 0.6 is 0 Å². The van der Waals surface area contributed by atoms with E-state index in [0.717, 1.165) is 0 Å². The van der Waals surface area contributed by atoms with Crippen molar-refractivity contribution in [1.82, 2.24) is 5.32 Å². The second-order valence-corrected chi connectivity index (χ2v) is 5.43. The van der Waals surface area contributed by atoms with Crippen LogP contribution in [0.1, 0.15) is 5.56 Å². The minimum atomic E-state index is -1.37. The first-order valence-electron chi connectivity index (χ1n) is 6.92. The van der Waals surface area contributed by atoms with Crippen molar-refractivity contribution in [3.8, 4) is 0 Å². The number of nitrogen functional groups attached to an aromatic ring is 1. The number of alkyl halides is 1. The predicted octanol–water partition coefficient (Wildman–Crippen LogP) is 1.24. The van der Waals surface area contributed by atoms with Crippen molar-refractivity contribution in [3.63, 3.8) is 0 Å². The van der Waals surface area contributed by atoms with Crippen molar-refractivity contribution in [2.75, 3.05) is 25.6 Å². The molecule has 23 heavy (non-hydrogen) atoms. The van der Waals surface area contributed by atoms with Crippen LogP contribution in [-0.4, -0.2) is 43.2 Å². The monoisotopic (exact) mass is 327 g/mol. The highest BCUT2D eigenvalue weighted by Crippen LogP contribution is 2.46. The van der Waals surface area contributed by atoms with Gasteiger partial charge in [-0.15, -0.1) is 0 Å². The first-order chi connectivity index (χ1) is 11.0. The summed E-state index contributed by atoms with van der Waals surface area (Å²) in [7, 11) is 0. The molecule has 0 saturated carbocycles. The zero-order valence-corrected chi connectivity index (χ0v) is 12.0. The average molecular weight is 327 g/mol. The number of anilines is 1. The molecule has 2 aliphatic rings. The minimum Gasteiger partial charge on any atom is -0.465 e. The number of benzene rings is 1. The number of hydrogen-bond acceptors (Lipinski definition) is 5. The summed E-state index contributed by atoms with van der Waals surface area (Å²) in [5.74, 6) is -1.17. The van der Waals surface area contributed by atoms with Crippen molar-refractivity contribution in [2.45, 2.75) is 11.6 Å². The van der Waals surface area contributed by atoms with E-state index < -0.39 is 36.1 Å². The Kier molecular flexibility index (Phi) is 3.80. The Morgan fingerprint density at radius 3 is 3.04 bits per heavy atom. The molecule has 2 aliphatic heterocycles. The summed E-state index contributed by atoms with van der Waals surface area (Å²) < 4.78 is 38.2. The van der Waals surface area contributed by atoms with Crippen LogP contribution in [-0.2, 0) is 15.0 Å². The molecule has 1 saturated heterocycles. The molecular weight excluding hydrogens is 312 g/mol. The summed E-state index contributed by atoms with van der Waals surface area (Å²) in [5.41, 5.74) is 4.88. The molecule has 2 heterocycles. The molecule has 124 valence electrons. The normalized spacial score (nSPS) is 29.4. The number of aliphatic imine (C=N–C) groups is 1. The highest BCUT2D eigenvalue weighted by Gasteiger charge is 2.55. The van der Waals surface area contributed by atoms with E-state index in [1.54, 1.807) is 0 Å². The SMILES string of the molecule is Nc1ccc(F)c([C@]23CO[C@H](CF)[C@H]2COC(NC(=O)O)=N3)c1. The molecule has 1 aromatic rings. The van der Waals surface area contributed by atoms with Crippen molar-refractivity contribution < 1.29 is 28.2 Å². The van der Waals surface area contributed by atoms with E-state index in [9.17, 15) is 13.6 Å². The number of nitrogens with two attached hydrogens (primary N) is 1. The summed E-state index contributed by atoms with van der Waals surface area (Å²) in [4.78, 5) is 15.0. The van der Waals surface area contributed by atoms with Gasteiger partial charge in [-0.1, -0.05) is 0 Å². The molecule has 7 nitrogen and oxygen atoms in total. The standard InChI is InChI=1S/C14H15F2N3O4/c15-4-11-9-5-22-12(18-13(20)21)19-14(9,6-23-11)8-3-7(17)1-2-10(8)16/h1-3,9,11H,4-6,17H2,(H,18,19)(H,20,21)/t9-,11-,14-/m1/s1. The van der Waals surface area contributed by atoms with E-state index in [-0.39, 0.29) is 24.8 Å². The van der Waals surface area contributed by atoms with Gasteiger partial charge in [-0.25, -0.2) is 23.9 Å². The Labute approximate surface area is 130 Å². The Balaban J connectivity index is 2.11. The van der Waals surface area contributed by atoms with Gasteiger partial charge in [-0.2, -0.15) is 0 Å². The maximum Gasteiger partial charge on any atom is 0.412 e. The molecule has 1 fully saturated rings. The third kappa shape index (κ3) is 2.56. The summed E-state index contributed by atoms with van der Waals surface area (Å²) in [6, 6.07) is 3.71. The third-order valence-electron chi connectivity index (χ3n) is 4.10. The number of halogens is 2. The van der Waals surface area contributed by atoms with Crippen LogP contribution in [0, 0.1) is 11.7 Å². The summed E-state index contributed by atoms with van der Waals surface area (Å²) >= 11 is 0. The van der Waals surface area contributed by atoms with E-state index in [2.05, 4.69) is 4.99 Å². The number of ether oxygens (including phenoxy) is 2. The van der Waals surface area contributed by atoms with Crippen LogP contribution in [0.5, 0.6) is 0 Å². The molecule has 9 heteroatoms. The Hall–Kier alpha value is -2.42. The van der Waals surface area contributed by atoms with Crippen LogP contribution in [0.25, 0.3) is 0 Å². The average Bonchev–Trinajstić information content (AvgIpc) is 2.88. The van der Waals surface area contributed by atoms with E-state index in [1.165, 1.54) is 18.2 Å². The molecule has 1 aromatic carbocycles. The molecule has 0 bridgehead atoms. The zero-order chi connectivity index (χ0) is 16.6. The highest BCUT2D eigenvalue weighted by molar-refractivity contribution is 5.90. The highest BCUT2D eigenvalue weighted by atomic mass is 19.1. The Bertz CT molecular complexity index is 669. The number of amidine groups is 1. The number of fused-ring (bicyclic) bond motifs is 1. The minimum absolute atomic E-state index is 0.0536. The van der Waals surface area contributed by atoms with Gasteiger partial charge >= 0.3 is 6.09 Å². The van der Waals surface area contributed by atoms with E-state index in [4.69, 9.17) is 20.3 Å². The topological polar surface area (TPSA) is 106 Å². The van der Waals surface area contributed by atoms with Crippen LogP contribution in [0.2, 0.25) is 0 Å². The van der Waals surface area contributed by atoms with Crippen LogP contribution in [0.4, 0.5) is 19.3 Å². The van der Waals surface area contributed by atoms with Gasteiger partial charge in [0.15, 0.2) is 0 Å². The van der Waals surface area contributed by atoms with Gasteiger partial charge in [0.25, 0.3) is 6.02 Å². The number of hydrogen-bond donors (Lipinski definition) is 3. The maximum absolute atomic E-state index is 14.4. The summed E-state index contributed by atoms with van der Waals surface area (Å²) in [6.45, 7) is -0.931. The fraction of sp³-hybridized carbons (Fsp3) is 0.429. The van der Waals surface area contributed by atoms with Crippen LogP contribution in [0.15, 0.2) is 23.2 Å². The largest absolute Gasteiger partial charge is 0.465 e. The number of rotatable bonds is 2. The second kappa shape index (κ2) is 5.65. The predicted molar refractivity (Wildman–Crippen MR) is 76.2 cm³/mol. The van der Waals surface area contributed by atoms with Gasteiger partial charge in [-0.05, 0) is 18.2 Å². The van der Waals surface area contributed by atoms with Crippen LogP contribution in [0.3, 0.4) is 0 Å². The number of nitrogens with one attached hydrogen (secondary N) is 1. The van der Waals surface area contributed by atoms with Crippen molar-refractivity contribution in [3.05, 3.63) is 29.6 Å². The van der Waals surface area contributed by atoms with Crippen molar-refractivity contribution in [1.29, 1.82) is 0 Å². The molecule has 0 spiro atoms. The second-order valence-electron chi connectivity index (χ2n) is 5.43. The van der Waals surface area contributed by atoms with Gasteiger partial charge in [0, 0.05) is 11.3 Å². The molecule has 3 atom stereocenters. The van der Waals surface area contributed by atoms with Gasteiger partial charge < -0.3 is 20.3 Å². The van der Waals surface area contributed by atoms with E-state index >= 15 is 0 Å². The van der Waals surface area contributed by atoms with E-state index in [0.29, 0.717) is 5.69 Å². The fourth-order valence-electron chi connectivity index (χ4n) is 3.03. The van der Waals surface area contributed by atoms with Gasteiger partial charge in [0.05, 0.1) is 25.2 Å². The third-order valence-corrected chi connectivity index (χ3v) is 4.10. The summed E-state index contributed by atoms with van der Waals surface area (Å²) in [6.07, 6.45) is -2.18. The Morgan fingerprint density at radius 1 is 1.57 bits per heavy atom. The first kappa shape index (κ1) is 15.5. The number of carboxylic acid groups (broad SMARTS) is 1. The van der Waals surface area contributed by atoms with E-state index in [1.807, 2.05) is 5.32 Å². The molecule has 0 aromatic heterocycles. The lowest BCUT2D eigenvalue weighted by Gasteiger charge is -2.36. The lowest BCUT2D eigenvalue weighted by Crippen LogP contribution is -2.47. The van der Waals surface area contributed by atoms with Crippen molar-refractivity contribution in [2.24, 2.45) is 10.9 Å². The van der Waals surface area contributed by atoms with Gasteiger partial charge in [0.2, 0.25) is 0 Å². The summed E-state index contributed by atoms with van der Waals surface area (Å²) in [5, 5.41) is 10.8. The zero-order valence-electron chi connectivity index (χ0n) is 12.0. The lowest BCUT2D eigenvalue weighted by molar-refractivity contribution is 0.0521. The van der Waals surface area contributed by atoms with Gasteiger partial charge in [0.1, 0.15) is 18.0 Å². The Morgan fingerprint density at radius 2 is 2.35 bits per heavy atom. The number of nitrogens with zero attached hydrogens (tertiary/aromatic N) is 1. The maximum atomic E-state index is 14.4. The molecule has 0 aliphatic carbocycles. The molecular formula is C14H15F2N3O4. The molecule has 4 N–H and O–H groups in total. The molecule has 3 rings (SSSR count). The first-order valence-corrected chi connectivity index (χ1v) is 6.92. The van der Waals surface area contributed by atoms with Crippen LogP contribution < -0.4 is 11.1 Å². The number of carbonyl (C=O) groups is 1. The van der Waals surface area contributed by atoms with Crippen molar-refractivity contribution >= 4 is 17.8 Å². The number of amides is 1. The molecule has 1 amide bonds. The smallest absolute Gasteiger partial charge is 0.412 e. The van der Waals surface area contributed by atoms with Gasteiger partial charge in [-0.3, -0.25) is 0 Å². The lowest BCUT2D eigenvalue weighted by atomic mass is 9.78. The quantitative estimate of drug-likeness (QED) is 0.709. The molecule has 0 radical (unpaired) electrons. The molecule has 0 unspecified atom stereocenters. The fourth-order valence-corrected chi connectivity index (χ4v) is 3.03.